The molecule has 1 aromatic heterocycles. The summed E-state index contributed by atoms with van der Waals surface area (Å²) in [5, 5.41) is 9.64. The number of carbonyl (C=O) groups is 1. The van der Waals surface area contributed by atoms with Gasteiger partial charge >= 0.3 is 5.97 Å². The lowest BCUT2D eigenvalue weighted by atomic mass is 10.2. The van der Waals surface area contributed by atoms with Crippen molar-refractivity contribution in [1.82, 2.24) is 9.88 Å². The lowest BCUT2D eigenvalue weighted by Crippen LogP contribution is -2.28. The van der Waals surface area contributed by atoms with Crippen molar-refractivity contribution >= 4 is 28.9 Å². The van der Waals surface area contributed by atoms with Gasteiger partial charge in [0.15, 0.2) is 0 Å². The van der Waals surface area contributed by atoms with Crippen molar-refractivity contribution in [1.29, 1.82) is 0 Å². The van der Waals surface area contributed by atoms with Crippen LogP contribution in [0, 0.1) is 5.92 Å². The van der Waals surface area contributed by atoms with Gasteiger partial charge in [0.05, 0.1) is 18.7 Å². The number of rotatable bonds is 5. The Balaban J connectivity index is 2.42. The largest absolute Gasteiger partial charge is 0.481 e. The third-order valence-electron chi connectivity index (χ3n) is 1.94. The second-order valence-corrected chi connectivity index (χ2v) is 5.24. The van der Waals surface area contributed by atoms with Crippen LogP contribution in [0.1, 0.15) is 11.9 Å². The predicted octanol–water partition coefficient (Wildman–Crippen LogP) is 1.95. The number of aromatic nitrogens is 1. The van der Waals surface area contributed by atoms with Crippen LogP contribution in [-0.2, 0) is 11.3 Å². The number of halogens is 1. The molecule has 1 unspecified atom stereocenters. The summed E-state index contributed by atoms with van der Waals surface area (Å²) in [6.45, 7) is 2.83. The second-order valence-electron chi connectivity index (χ2n) is 3.49. The van der Waals surface area contributed by atoms with E-state index in [1.807, 2.05) is 11.9 Å². The molecule has 84 valence electrons. The summed E-state index contributed by atoms with van der Waals surface area (Å²) >= 11 is 7.16. The number of hydrogen-bond acceptors (Lipinski definition) is 4. The van der Waals surface area contributed by atoms with Crippen LogP contribution < -0.4 is 0 Å². The highest BCUT2D eigenvalue weighted by atomic mass is 35.5. The minimum Gasteiger partial charge on any atom is -0.481 e. The SMILES string of the molecule is CC(CN(C)Cc1ncc(Cl)s1)C(=O)O. The molecule has 0 amide bonds. The first-order chi connectivity index (χ1) is 6.99. The summed E-state index contributed by atoms with van der Waals surface area (Å²) in [5.74, 6) is -1.15. The minimum atomic E-state index is -0.779. The van der Waals surface area contributed by atoms with Gasteiger partial charge in [0, 0.05) is 6.54 Å². The standard InChI is InChI=1S/C9H13ClN2O2S/c1-6(9(13)14)4-12(2)5-8-11-3-7(10)15-8/h3,6H,4-5H2,1-2H3,(H,13,14). The van der Waals surface area contributed by atoms with Crippen molar-refractivity contribution in [2.24, 2.45) is 5.92 Å². The fourth-order valence-corrected chi connectivity index (χ4v) is 2.24. The summed E-state index contributed by atoms with van der Waals surface area (Å²) in [7, 11) is 1.87. The first kappa shape index (κ1) is 12.4. The van der Waals surface area contributed by atoms with Gasteiger partial charge in [-0.3, -0.25) is 9.69 Å². The molecule has 1 atom stereocenters. The molecule has 1 rings (SSSR count). The molecule has 0 spiro atoms. The van der Waals surface area contributed by atoms with Gasteiger partial charge < -0.3 is 5.11 Å². The van der Waals surface area contributed by atoms with E-state index >= 15 is 0 Å². The van der Waals surface area contributed by atoms with E-state index in [1.54, 1.807) is 13.1 Å². The summed E-state index contributed by atoms with van der Waals surface area (Å²) in [5.41, 5.74) is 0. The smallest absolute Gasteiger partial charge is 0.307 e. The van der Waals surface area contributed by atoms with Crippen LogP contribution in [0.2, 0.25) is 4.34 Å². The Morgan fingerprint density at radius 3 is 2.93 bits per heavy atom. The first-order valence-electron chi connectivity index (χ1n) is 4.50. The fourth-order valence-electron chi connectivity index (χ4n) is 1.20. The van der Waals surface area contributed by atoms with E-state index in [4.69, 9.17) is 16.7 Å². The van der Waals surface area contributed by atoms with Crippen molar-refractivity contribution in [3.05, 3.63) is 15.5 Å². The van der Waals surface area contributed by atoms with Crippen LogP contribution in [-0.4, -0.2) is 34.6 Å². The van der Waals surface area contributed by atoms with Gasteiger partial charge in [0.2, 0.25) is 0 Å². The molecule has 0 saturated carbocycles. The van der Waals surface area contributed by atoms with Crippen molar-refractivity contribution in [2.45, 2.75) is 13.5 Å². The molecule has 4 nitrogen and oxygen atoms in total. The summed E-state index contributed by atoms with van der Waals surface area (Å²) in [6, 6.07) is 0. The molecule has 0 radical (unpaired) electrons. The second kappa shape index (κ2) is 5.44. The topological polar surface area (TPSA) is 53.4 Å². The quantitative estimate of drug-likeness (QED) is 0.866. The zero-order chi connectivity index (χ0) is 11.4. The summed E-state index contributed by atoms with van der Waals surface area (Å²) in [4.78, 5) is 16.7. The molecule has 1 heterocycles. The molecule has 0 aliphatic carbocycles. The Morgan fingerprint density at radius 2 is 2.47 bits per heavy atom. The third kappa shape index (κ3) is 4.15. The maximum atomic E-state index is 10.6. The zero-order valence-electron chi connectivity index (χ0n) is 8.61. The van der Waals surface area contributed by atoms with Gasteiger partial charge in [-0.2, -0.15) is 0 Å². The van der Waals surface area contributed by atoms with Gasteiger partial charge in [-0.05, 0) is 7.05 Å². The maximum absolute atomic E-state index is 10.6. The van der Waals surface area contributed by atoms with E-state index in [0.717, 1.165) is 5.01 Å². The minimum absolute atomic E-state index is 0.370. The van der Waals surface area contributed by atoms with Gasteiger partial charge in [-0.25, -0.2) is 4.98 Å². The number of aliphatic carboxylic acids is 1. The Morgan fingerprint density at radius 1 is 1.80 bits per heavy atom. The van der Waals surface area contributed by atoms with Crippen LogP contribution >= 0.6 is 22.9 Å². The number of carboxylic acid groups (broad SMARTS) is 1. The molecule has 1 aromatic rings. The van der Waals surface area contributed by atoms with Gasteiger partial charge in [0.1, 0.15) is 9.34 Å². The average molecular weight is 249 g/mol. The molecule has 0 bridgehead atoms. The Bertz CT molecular complexity index is 343. The number of hydrogen-bond donors (Lipinski definition) is 1. The van der Waals surface area contributed by atoms with Crippen molar-refractivity contribution < 1.29 is 9.90 Å². The van der Waals surface area contributed by atoms with E-state index in [9.17, 15) is 4.79 Å². The summed E-state index contributed by atoms with van der Waals surface area (Å²) < 4.78 is 0.657. The molecular weight excluding hydrogens is 236 g/mol. The predicted molar refractivity (Wildman–Crippen MR) is 60.3 cm³/mol. The normalized spacial score (nSPS) is 13.1. The monoisotopic (exact) mass is 248 g/mol. The van der Waals surface area contributed by atoms with Gasteiger partial charge in [-0.15, -0.1) is 11.3 Å². The first-order valence-corrected chi connectivity index (χ1v) is 5.70. The zero-order valence-corrected chi connectivity index (χ0v) is 10.2. The van der Waals surface area contributed by atoms with E-state index in [1.165, 1.54) is 11.3 Å². The Kier molecular flexibility index (Phi) is 4.50. The molecule has 15 heavy (non-hydrogen) atoms. The lowest BCUT2D eigenvalue weighted by Gasteiger charge is -2.17. The molecule has 0 saturated heterocycles. The van der Waals surface area contributed by atoms with E-state index in [2.05, 4.69) is 4.98 Å². The van der Waals surface area contributed by atoms with Crippen LogP contribution in [0.25, 0.3) is 0 Å². The highest BCUT2D eigenvalue weighted by Crippen LogP contribution is 2.19. The highest BCUT2D eigenvalue weighted by Gasteiger charge is 2.14. The molecule has 6 heteroatoms. The molecule has 0 aliphatic heterocycles. The van der Waals surface area contributed by atoms with Crippen molar-refractivity contribution in [3.8, 4) is 0 Å². The summed E-state index contributed by atoms with van der Waals surface area (Å²) in [6.07, 6.45) is 1.61. The molecule has 0 aliphatic rings. The van der Waals surface area contributed by atoms with Crippen LogP contribution in [0.5, 0.6) is 0 Å². The molecule has 0 aromatic carbocycles. The fraction of sp³-hybridized carbons (Fsp3) is 0.556. The Hall–Kier alpha value is -0.650. The lowest BCUT2D eigenvalue weighted by molar-refractivity contribution is -0.141. The van der Waals surface area contributed by atoms with Crippen molar-refractivity contribution in [2.75, 3.05) is 13.6 Å². The van der Waals surface area contributed by atoms with E-state index in [0.29, 0.717) is 17.4 Å². The van der Waals surface area contributed by atoms with Crippen molar-refractivity contribution in [3.63, 3.8) is 0 Å². The third-order valence-corrected chi connectivity index (χ3v) is 3.04. The Labute approximate surface area is 97.5 Å². The molecule has 0 fully saturated rings. The van der Waals surface area contributed by atoms with Gasteiger partial charge in [0.25, 0.3) is 0 Å². The van der Waals surface area contributed by atoms with E-state index in [-0.39, 0.29) is 5.92 Å². The number of carboxylic acids is 1. The maximum Gasteiger partial charge on any atom is 0.307 e. The molecule has 1 N–H and O–H groups in total. The number of nitrogens with zero attached hydrogens (tertiary/aromatic N) is 2. The van der Waals surface area contributed by atoms with Crippen LogP contribution in [0.15, 0.2) is 6.20 Å². The molecular formula is C9H13ClN2O2S. The van der Waals surface area contributed by atoms with E-state index < -0.39 is 5.97 Å². The van der Waals surface area contributed by atoms with Crippen LogP contribution in [0.4, 0.5) is 0 Å². The highest BCUT2D eigenvalue weighted by molar-refractivity contribution is 7.15. The average Bonchev–Trinajstić information content (AvgIpc) is 2.50. The number of thiazole rings is 1. The van der Waals surface area contributed by atoms with Gasteiger partial charge in [-0.1, -0.05) is 18.5 Å². The van der Waals surface area contributed by atoms with Crippen LogP contribution in [0.3, 0.4) is 0 Å².